The van der Waals surface area contributed by atoms with E-state index >= 15 is 0 Å². The smallest absolute Gasteiger partial charge is 0.307 e. The molecular formula is C16H23NO4. The van der Waals surface area contributed by atoms with Crippen molar-refractivity contribution in [1.82, 2.24) is 5.32 Å². The second-order valence-electron chi connectivity index (χ2n) is 5.27. The third kappa shape index (κ3) is 5.85. The fourth-order valence-corrected chi connectivity index (χ4v) is 1.96. The highest BCUT2D eigenvalue weighted by Gasteiger charge is 2.19. The van der Waals surface area contributed by atoms with Gasteiger partial charge in [-0.05, 0) is 23.6 Å². The Kier molecular flexibility index (Phi) is 6.72. The molecular weight excluding hydrogens is 270 g/mol. The lowest BCUT2D eigenvalue weighted by atomic mass is 10.0. The van der Waals surface area contributed by atoms with Crippen LogP contribution in [-0.4, -0.2) is 26.1 Å². The van der Waals surface area contributed by atoms with Gasteiger partial charge in [-0.15, -0.1) is 0 Å². The van der Waals surface area contributed by atoms with Crippen molar-refractivity contribution in [3.8, 4) is 5.75 Å². The van der Waals surface area contributed by atoms with Gasteiger partial charge in [-0.3, -0.25) is 9.59 Å². The first-order valence-corrected chi connectivity index (χ1v) is 6.96. The quantitative estimate of drug-likeness (QED) is 0.784. The van der Waals surface area contributed by atoms with Crippen molar-refractivity contribution < 1.29 is 19.1 Å². The van der Waals surface area contributed by atoms with Crippen molar-refractivity contribution >= 4 is 11.9 Å². The summed E-state index contributed by atoms with van der Waals surface area (Å²) in [5.41, 5.74) is 0.846. The highest BCUT2D eigenvalue weighted by molar-refractivity contribution is 5.78. The minimum absolute atomic E-state index is 0.0743. The van der Waals surface area contributed by atoms with Crippen LogP contribution in [0.2, 0.25) is 0 Å². The second-order valence-corrected chi connectivity index (χ2v) is 5.27. The number of ether oxygens (including phenoxy) is 2. The molecule has 1 amide bonds. The van der Waals surface area contributed by atoms with E-state index in [0.717, 1.165) is 11.3 Å². The van der Waals surface area contributed by atoms with Gasteiger partial charge in [0.05, 0.1) is 26.7 Å². The Hall–Kier alpha value is -2.04. The molecule has 0 aliphatic rings. The molecule has 0 spiro atoms. The summed E-state index contributed by atoms with van der Waals surface area (Å²) in [6, 6.07) is 6.88. The predicted molar refractivity (Wildman–Crippen MR) is 80.0 cm³/mol. The summed E-state index contributed by atoms with van der Waals surface area (Å²) in [5.74, 6) is 0.555. The molecule has 1 N–H and O–H groups in total. The Morgan fingerprint density at radius 2 is 1.71 bits per heavy atom. The fourth-order valence-electron chi connectivity index (χ4n) is 1.96. The number of nitrogens with one attached hydrogen (secondary N) is 1. The van der Waals surface area contributed by atoms with Crippen LogP contribution in [0.3, 0.4) is 0 Å². The van der Waals surface area contributed by atoms with Crippen molar-refractivity contribution in [2.24, 2.45) is 5.92 Å². The molecule has 5 nitrogen and oxygen atoms in total. The summed E-state index contributed by atoms with van der Waals surface area (Å²) < 4.78 is 9.80. The fraction of sp³-hybridized carbons (Fsp3) is 0.500. The number of esters is 1. The van der Waals surface area contributed by atoms with E-state index in [-0.39, 0.29) is 24.2 Å². The average Bonchev–Trinajstić information content (AvgIpc) is 2.45. The van der Waals surface area contributed by atoms with Crippen LogP contribution < -0.4 is 10.1 Å². The zero-order valence-corrected chi connectivity index (χ0v) is 13.0. The van der Waals surface area contributed by atoms with Crippen LogP contribution in [0.1, 0.15) is 38.3 Å². The number of rotatable bonds is 7. The van der Waals surface area contributed by atoms with Gasteiger partial charge in [-0.1, -0.05) is 26.0 Å². The van der Waals surface area contributed by atoms with E-state index in [0.29, 0.717) is 6.42 Å². The first kappa shape index (κ1) is 17.0. The summed E-state index contributed by atoms with van der Waals surface area (Å²) in [6.07, 6.45) is 0.528. The van der Waals surface area contributed by atoms with Crippen LogP contribution >= 0.6 is 0 Å². The van der Waals surface area contributed by atoms with Gasteiger partial charge in [0.15, 0.2) is 0 Å². The normalized spacial score (nSPS) is 11.9. The van der Waals surface area contributed by atoms with Crippen LogP contribution in [0.25, 0.3) is 0 Å². The minimum Gasteiger partial charge on any atom is -0.497 e. The van der Waals surface area contributed by atoms with E-state index in [1.165, 1.54) is 7.11 Å². The van der Waals surface area contributed by atoms with Gasteiger partial charge in [-0.2, -0.15) is 0 Å². The SMILES string of the molecule is COC(=O)CC(NC(=O)CC(C)C)c1ccc(OC)cc1. The summed E-state index contributed by atoms with van der Waals surface area (Å²) >= 11 is 0. The van der Waals surface area contributed by atoms with Crippen molar-refractivity contribution in [3.05, 3.63) is 29.8 Å². The van der Waals surface area contributed by atoms with Crippen LogP contribution in [0.15, 0.2) is 24.3 Å². The topological polar surface area (TPSA) is 64.6 Å². The summed E-state index contributed by atoms with van der Waals surface area (Å²) in [7, 11) is 2.93. The first-order valence-electron chi connectivity index (χ1n) is 6.96. The number of hydrogen-bond acceptors (Lipinski definition) is 4. The molecule has 1 aromatic carbocycles. The third-order valence-corrected chi connectivity index (χ3v) is 3.05. The standard InChI is InChI=1S/C16H23NO4/c1-11(2)9-15(18)17-14(10-16(19)21-4)12-5-7-13(20-3)8-6-12/h5-8,11,14H,9-10H2,1-4H3,(H,17,18). The number of hydrogen-bond donors (Lipinski definition) is 1. The van der Waals surface area contributed by atoms with Gasteiger partial charge < -0.3 is 14.8 Å². The molecule has 21 heavy (non-hydrogen) atoms. The van der Waals surface area contributed by atoms with Crippen molar-refractivity contribution in [3.63, 3.8) is 0 Å². The van der Waals surface area contributed by atoms with Crippen LogP contribution in [0.4, 0.5) is 0 Å². The van der Waals surface area contributed by atoms with Gasteiger partial charge in [0.25, 0.3) is 0 Å². The number of methoxy groups -OCH3 is 2. The number of carbonyl (C=O) groups is 2. The second kappa shape index (κ2) is 8.29. The lowest BCUT2D eigenvalue weighted by molar-refractivity contribution is -0.141. The average molecular weight is 293 g/mol. The Labute approximate surface area is 125 Å². The first-order chi connectivity index (χ1) is 9.96. The van der Waals surface area contributed by atoms with E-state index in [1.54, 1.807) is 19.2 Å². The van der Waals surface area contributed by atoms with Crippen LogP contribution in [0, 0.1) is 5.92 Å². The Morgan fingerprint density at radius 1 is 1.10 bits per heavy atom. The van der Waals surface area contributed by atoms with E-state index in [2.05, 4.69) is 5.32 Å². The van der Waals surface area contributed by atoms with Gasteiger partial charge in [-0.25, -0.2) is 0 Å². The molecule has 5 heteroatoms. The summed E-state index contributed by atoms with van der Waals surface area (Å²) in [4.78, 5) is 23.5. The Balaban J connectivity index is 2.84. The van der Waals surface area contributed by atoms with Gasteiger partial charge in [0.1, 0.15) is 5.75 Å². The van der Waals surface area contributed by atoms with Crippen molar-refractivity contribution in [1.29, 1.82) is 0 Å². The van der Waals surface area contributed by atoms with E-state index in [9.17, 15) is 9.59 Å². The Morgan fingerprint density at radius 3 is 2.19 bits per heavy atom. The molecule has 1 aromatic rings. The molecule has 116 valence electrons. The van der Waals surface area contributed by atoms with Crippen molar-refractivity contribution in [2.45, 2.75) is 32.7 Å². The molecule has 1 atom stereocenters. The molecule has 0 fully saturated rings. The molecule has 0 saturated heterocycles. The number of carbonyl (C=O) groups excluding carboxylic acids is 2. The van der Waals surface area contributed by atoms with Crippen LogP contribution in [0.5, 0.6) is 5.75 Å². The lowest BCUT2D eigenvalue weighted by Crippen LogP contribution is -2.31. The zero-order valence-electron chi connectivity index (χ0n) is 13.0. The monoisotopic (exact) mass is 293 g/mol. The molecule has 1 rings (SSSR count). The summed E-state index contributed by atoms with van der Waals surface area (Å²) in [5, 5.41) is 2.89. The summed E-state index contributed by atoms with van der Waals surface area (Å²) in [6.45, 7) is 3.95. The maximum atomic E-state index is 11.9. The third-order valence-electron chi connectivity index (χ3n) is 3.05. The van der Waals surface area contributed by atoms with Gasteiger partial charge in [0.2, 0.25) is 5.91 Å². The predicted octanol–water partition coefficient (Wildman–Crippen LogP) is 2.46. The molecule has 0 radical (unpaired) electrons. The number of benzene rings is 1. The Bertz CT molecular complexity index is 468. The molecule has 0 aliphatic heterocycles. The molecule has 0 aromatic heterocycles. The van der Waals surface area contributed by atoms with Gasteiger partial charge >= 0.3 is 5.97 Å². The van der Waals surface area contributed by atoms with Crippen LogP contribution in [-0.2, 0) is 14.3 Å². The van der Waals surface area contributed by atoms with Gasteiger partial charge in [0, 0.05) is 6.42 Å². The number of amides is 1. The lowest BCUT2D eigenvalue weighted by Gasteiger charge is -2.19. The minimum atomic E-state index is -0.394. The van der Waals surface area contributed by atoms with E-state index < -0.39 is 6.04 Å². The largest absolute Gasteiger partial charge is 0.497 e. The molecule has 0 saturated carbocycles. The maximum Gasteiger partial charge on any atom is 0.307 e. The van der Waals surface area contributed by atoms with E-state index in [4.69, 9.17) is 9.47 Å². The molecule has 0 heterocycles. The molecule has 1 unspecified atom stereocenters. The maximum absolute atomic E-state index is 11.9. The highest BCUT2D eigenvalue weighted by Crippen LogP contribution is 2.21. The van der Waals surface area contributed by atoms with E-state index in [1.807, 2.05) is 26.0 Å². The molecule has 0 aliphatic carbocycles. The molecule has 0 bridgehead atoms. The zero-order chi connectivity index (χ0) is 15.8. The highest BCUT2D eigenvalue weighted by atomic mass is 16.5. The van der Waals surface area contributed by atoms with Crippen molar-refractivity contribution in [2.75, 3.05) is 14.2 Å².